The molecular formula is C15H22N4S. The number of rotatable bonds is 5. The zero-order valence-corrected chi connectivity index (χ0v) is 12.8. The highest BCUT2D eigenvalue weighted by Gasteiger charge is 2.14. The van der Waals surface area contributed by atoms with Crippen molar-refractivity contribution in [3.8, 4) is 0 Å². The molecule has 2 aromatic rings. The van der Waals surface area contributed by atoms with Crippen LogP contribution in [0, 0.1) is 0 Å². The maximum Gasteiger partial charge on any atom is 0.183 e. The van der Waals surface area contributed by atoms with Crippen LogP contribution in [0.3, 0.4) is 0 Å². The molecule has 4 nitrogen and oxygen atoms in total. The molecule has 0 aliphatic carbocycles. The zero-order chi connectivity index (χ0) is 13.8. The minimum atomic E-state index is 0.978. The molecule has 0 atom stereocenters. The number of likely N-dealkylation sites (N-methyl/N-ethyl adjacent to an activating group) is 1. The van der Waals surface area contributed by atoms with Gasteiger partial charge in [-0.05, 0) is 18.7 Å². The third kappa shape index (κ3) is 3.29. The number of hydrogen-bond donors (Lipinski definition) is 1. The Bertz CT molecular complexity index is 513. The highest BCUT2D eigenvalue weighted by atomic mass is 32.1. The third-order valence-electron chi connectivity index (χ3n) is 3.91. The Morgan fingerprint density at radius 1 is 1.15 bits per heavy atom. The first-order valence-corrected chi connectivity index (χ1v) is 8.21. The van der Waals surface area contributed by atoms with Gasteiger partial charge in [0.2, 0.25) is 0 Å². The van der Waals surface area contributed by atoms with Gasteiger partial charge in [0.1, 0.15) is 0 Å². The van der Waals surface area contributed by atoms with Crippen LogP contribution in [-0.2, 0) is 0 Å². The molecule has 0 unspecified atom stereocenters. The van der Waals surface area contributed by atoms with Gasteiger partial charge in [-0.25, -0.2) is 4.98 Å². The van der Waals surface area contributed by atoms with Crippen LogP contribution in [0.25, 0.3) is 10.2 Å². The molecule has 1 saturated heterocycles. The summed E-state index contributed by atoms with van der Waals surface area (Å²) in [5, 5.41) is 4.50. The second kappa shape index (κ2) is 6.52. The Balaban J connectivity index is 1.46. The minimum absolute atomic E-state index is 0.978. The Morgan fingerprint density at radius 3 is 2.65 bits per heavy atom. The van der Waals surface area contributed by atoms with Gasteiger partial charge in [-0.3, -0.25) is 4.90 Å². The van der Waals surface area contributed by atoms with E-state index in [1.165, 1.54) is 37.4 Å². The Morgan fingerprint density at radius 2 is 1.90 bits per heavy atom. The molecule has 1 aliphatic rings. The van der Waals surface area contributed by atoms with Crippen molar-refractivity contribution >= 4 is 26.7 Å². The van der Waals surface area contributed by atoms with Crippen LogP contribution in [0.2, 0.25) is 0 Å². The van der Waals surface area contributed by atoms with E-state index in [0.29, 0.717) is 0 Å². The zero-order valence-electron chi connectivity index (χ0n) is 12.0. The lowest BCUT2D eigenvalue weighted by molar-refractivity contribution is 0.141. The molecule has 0 saturated carbocycles. The number of aromatic nitrogens is 1. The number of benzene rings is 1. The van der Waals surface area contributed by atoms with E-state index in [2.05, 4.69) is 45.2 Å². The molecule has 2 heterocycles. The molecule has 108 valence electrons. The van der Waals surface area contributed by atoms with Gasteiger partial charge in [-0.1, -0.05) is 30.4 Å². The number of fused-ring (bicyclic) bond motifs is 1. The van der Waals surface area contributed by atoms with Gasteiger partial charge in [0.15, 0.2) is 5.13 Å². The van der Waals surface area contributed by atoms with Gasteiger partial charge in [0.05, 0.1) is 10.2 Å². The molecule has 1 aromatic heterocycles. The van der Waals surface area contributed by atoms with Gasteiger partial charge in [-0.15, -0.1) is 0 Å². The predicted octanol–water partition coefficient (Wildman–Crippen LogP) is 2.35. The van der Waals surface area contributed by atoms with Crippen molar-refractivity contribution in [1.82, 2.24) is 14.8 Å². The van der Waals surface area contributed by atoms with Crippen LogP contribution in [-0.4, -0.2) is 60.6 Å². The summed E-state index contributed by atoms with van der Waals surface area (Å²) < 4.78 is 1.26. The van der Waals surface area contributed by atoms with Gasteiger partial charge in [-0.2, -0.15) is 0 Å². The highest BCUT2D eigenvalue weighted by molar-refractivity contribution is 7.22. The Kier molecular flexibility index (Phi) is 4.50. The fourth-order valence-corrected chi connectivity index (χ4v) is 3.49. The number of hydrogen-bond acceptors (Lipinski definition) is 5. The summed E-state index contributed by atoms with van der Waals surface area (Å²) in [5.74, 6) is 0. The van der Waals surface area contributed by atoms with Crippen LogP contribution in [0.5, 0.6) is 0 Å². The highest BCUT2D eigenvalue weighted by Crippen LogP contribution is 2.24. The molecular weight excluding hydrogens is 268 g/mol. The Labute approximate surface area is 124 Å². The normalized spacial score (nSPS) is 17.6. The third-order valence-corrected chi connectivity index (χ3v) is 4.90. The van der Waals surface area contributed by atoms with Crippen molar-refractivity contribution in [2.24, 2.45) is 0 Å². The lowest BCUT2D eigenvalue weighted by Gasteiger charge is -2.33. The summed E-state index contributed by atoms with van der Waals surface area (Å²) in [6.45, 7) is 10.3. The molecule has 1 aliphatic heterocycles. The van der Waals surface area contributed by atoms with E-state index < -0.39 is 0 Å². The molecule has 1 aromatic carbocycles. The SMILES string of the molecule is CCN1CCN(CCNc2nc3ccccc3s2)CC1. The summed E-state index contributed by atoms with van der Waals surface area (Å²) in [5.41, 5.74) is 1.09. The number of nitrogens with zero attached hydrogens (tertiary/aromatic N) is 3. The summed E-state index contributed by atoms with van der Waals surface area (Å²) in [6, 6.07) is 8.31. The maximum atomic E-state index is 4.60. The van der Waals surface area contributed by atoms with E-state index in [1.807, 2.05) is 6.07 Å². The lowest BCUT2D eigenvalue weighted by Crippen LogP contribution is -2.47. The molecule has 5 heteroatoms. The molecule has 1 N–H and O–H groups in total. The van der Waals surface area contributed by atoms with Crippen LogP contribution in [0.1, 0.15) is 6.92 Å². The number of thiazole rings is 1. The first kappa shape index (κ1) is 13.8. The molecule has 3 rings (SSSR count). The van der Waals surface area contributed by atoms with E-state index in [9.17, 15) is 0 Å². The summed E-state index contributed by atoms with van der Waals surface area (Å²) >= 11 is 1.74. The predicted molar refractivity (Wildman–Crippen MR) is 86.7 cm³/mol. The van der Waals surface area contributed by atoms with Crippen LogP contribution in [0.15, 0.2) is 24.3 Å². The average Bonchev–Trinajstić information content (AvgIpc) is 2.90. The largest absolute Gasteiger partial charge is 0.360 e. The quantitative estimate of drug-likeness (QED) is 0.916. The van der Waals surface area contributed by atoms with Gasteiger partial charge < -0.3 is 10.2 Å². The van der Waals surface area contributed by atoms with Crippen molar-refractivity contribution in [2.45, 2.75) is 6.92 Å². The number of para-hydroxylation sites is 1. The lowest BCUT2D eigenvalue weighted by atomic mass is 10.3. The van der Waals surface area contributed by atoms with Crippen molar-refractivity contribution in [2.75, 3.05) is 51.1 Å². The number of anilines is 1. The van der Waals surface area contributed by atoms with Crippen LogP contribution >= 0.6 is 11.3 Å². The smallest absolute Gasteiger partial charge is 0.183 e. The van der Waals surface area contributed by atoms with Crippen molar-refractivity contribution in [3.05, 3.63) is 24.3 Å². The summed E-state index contributed by atoms with van der Waals surface area (Å²) in [6.07, 6.45) is 0. The molecule has 0 radical (unpaired) electrons. The molecule has 1 fully saturated rings. The van der Waals surface area contributed by atoms with Crippen molar-refractivity contribution in [3.63, 3.8) is 0 Å². The van der Waals surface area contributed by atoms with Gasteiger partial charge >= 0.3 is 0 Å². The number of nitrogens with one attached hydrogen (secondary N) is 1. The number of piperazine rings is 1. The van der Waals surface area contributed by atoms with E-state index in [-0.39, 0.29) is 0 Å². The minimum Gasteiger partial charge on any atom is -0.360 e. The van der Waals surface area contributed by atoms with E-state index in [1.54, 1.807) is 11.3 Å². The van der Waals surface area contributed by atoms with Gasteiger partial charge in [0.25, 0.3) is 0 Å². The van der Waals surface area contributed by atoms with E-state index in [4.69, 9.17) is 0 Å². The average molecular weight is 290 g/mol. The molecule has 0 amide bonds. The molecule has 0 bridgehead atoms. The fourth-order valence-electron chi connectivity index (χ4n) is 2.60. The maximum absolute atomic E-state index is 4.60. The van der Waals surface area contributed by atoms with Crippen molar-refractivity contribution in [1.29, 1.82) is 0 Å². The van der Waals surface area contributed by atoms with E-state index in [0.717, 1.165) is 23.7 Å². The monoisotopic (exact) mass is 290 g/mol. The van der Waals surface area contributed by atoms with Crippen LogP contribution in [0.4, 0.5) is 5.13 Å². The molecule has 0 spiro atoms. The van der Waals surface area contributed by atoms with Crippen LogP contribution < -0.4 is 5.32 Å². The second-order valence-corrected chi connectivity index (χ2v) is 6.22. The topological polar surface area (TPSA) is 31.4 Å². The first-order chi connectivity index (χ1) is 9.85. The Hall–Kier alpha value is -1.17. The summed E-state index contributed by atoms with van der Waals surface area (Å²) in [7, 11) is 0. The van der Waals surface area contributed by atoms with Crippen molar-refractivity contribution < 1.29 is 0 Å². The van der Waals surface area contributed by atoms with Gasteiger partial charge in [0, 0.05) is 39.3 Å². The summed E-state index contributed by atoms with van der Waals surface area (Å²) in [4.78, 5) is 9.65. The standard InChI is InChI=1S/C15H22N4S/c1-2-18-9-11-19(12-10-18)8-7-16-15-17-13-5-3-4-6-14(13)20-15/h3-6H,2,7-12H2,1H3,(H,16,17). The first-order valence-electron chi connectivity index (χ1n) is 7.39. The fraction of sp³-hybridized carbons (Fsp3) is 0.533. The van der Waals surface area contributed by atoms with E-state index >= 15 is 0 Å². The molecule has 20 heavy (non-hydrogen) atoms. The second-order valence-electron chi connectivity index (χ2n) is 5.19.